The van der Waals surface area contributed by atoms with Crippen molar-refractivity contribution in [3.63, 3.8) is 0 Å². The minimum absolute atomic E-state index is 0.00949. The van der Waals surface area contributed by atoms with E-state index in [9.17, 15) is 4.79 Å². The van der Waals surface area contributed by atoms with E-state index in [1.165, 1.54) is 0 Å². The molecule has 0 bridgehead atoms. The zero-order chi connectivity index (χ0) is 11.7. The third-order valence-corrected chi connectivity index (χ3v) is 3.34. The molecule has 1 amide bonds. The van der Waals surface area contributed by atoms with Gasteiger partial charge in [0.15, 0.2) is 0 Å². The molecule has 1 aliphatic heterocycles. The number of nitrogens with one attached hydrogen (secondary N) is 1. The summed E-state index contributed by atoms with van der Waals surface area (Å²) in [7, 11) is 0. The van der Waals surface area contributed by atoms with E-state index in [0.717, 1.165) is 22.6 Å². The highest BCUT2D eigenvalue weighted by Crippen LogP contribution is 2.32. The quantitative estimate of drug-likeness (QED) is 0.819. The predicted octanol–water partition coefficient (Wildman–Crippen LogP) is 3.21. The van der Waals surface area contributed by atoms with Crippen LogP contribution in [0.3, 0.4) is 0 Å². The summed E-state index contributed by atoms with van der Waals surface area (Å²) in [5.74, 6) is -0.00949. The van der Waals surface area contributed by atoms with Crippen molar-refractivity contribution in [3.05, 3.63) is 46.7 Å². The highest BCUT2D eigenvalue weighted by atomic mass is 32.1. The summed E-state index contributed by atoms with van der Waals surface area (Å²) in [5.41, 5.74) is 3.48. The first-order valence-corrected chi connectivity index (χ1v) is 6.26. The van der Waals surface area contributed by atoms with Gasteiger partial charge in [0.05, 0.1) is 23.5 Å². The molecule has 2 aromatic rings. The number of nitrogens with zero attached hydrogens (tertiary/aromatic N) is 1. The van der Waals surface area contributed by atoms with E-state index in [2.05, 4.69) is 10.3 Å². The molecule has 0 radical (unpaired) electrons. The van der Waals surface area contributed by atoms with Crippen LogP contribution >= 0.6 is 11.3 Å². The van der Waals surface area contributed by atoms with Crippen molar-refractivity contribution in [3.8, 4) is 0 Å². The Bertz CT molecular complexity index is 586. The van der Waals surface area contributed by atoms with Gasteiger partial charge in [-0.15, -0.1) is 11.3 Å². The van der Waals surface area contributed by atoms with Crippen LogP contribution in [-0.2, 0) is 4.79 Å². The Kier molecular flexibility index (Phi) is 2.49. The molecule has 3 nitrogen and oxygen atoms in total. The number of benzene rings is 1. The molecule has 0 saturated carbocycles. The SMILES string of the molecule is O=C1CC(c2ccccc2)=Nc2cscc2N1. The van der Waals surface area contributed by atoms with Crippen LogP contribution in [0.2, 0.25) is 0 Å². The molecule has 84 valence electrons. The van der Waals surface area contributed by atoms with E-state index >= 15 is 0 Å². The monoisotopic (exact) mass is 242 g/mol. The van der Waals surface area contributed by atoms with Crippen LogP contribution in [0.25, 0.3) is 0 Å². The second-order valence-corrected chi connectivity index (χ2v) is 4.56. The van der Waals surface area contributed by atoms with E-state index in [4.69, 9.17) is 0 Å². The third kappa shape index (κ3) is 1.99. The first-order chi connectivity index (χ1) is 8.33. The Morgan fingerprint density at radius 1 is 1.18 bits per heavy atom. The normalized spacial score (nSPS) is 14.6. The molecule has 0 saturated heterocycles. The number of fused-ring (bicyclic) bond motifs is 1. The lowest BCUT2D eigenvalue weighted by molar-refractivity contribution is -0.115. The zero-order valence-electron chi connectivity index (χ0n) is 9.01. The highest BCUT2D eigenvalue weighted by molar-refractivity contribution is 7.09. The van der Waals surface area contributed by atoms with Crippen molar-refractivity contribution >= 4 is 34.3 Å². The number of hydrogen-bond donors (Lipinski definition) is 1. The molecule has 0 atom stereocenters. The van der Waals surface area contributed by atoms with E-state index in [-0.39, 0.29) is 5.91 Å². The molecule has 1 aliphatic rings. The molecule has 3 rings (SSSR count). The lowest BCUT2D eigenvalue weighted by Gasteiger charge is -2.02. The van der Waals surface area contributed by atoms with E-state index in [1.54, 1.807) is 11.3 Å². The average Bonchev–Trinajstić information content (AvgIpc) is 2.70. The Labute approximate surface area is 103 Å². The van der Waals surface area contributed by atoms with Crippen LogP contribution in [0, 0.1) is 0 Å². The van der Waals surface area contributed by atoms with Gasteiger partial charge in [0.2, 0.25) is 5.91 Å². The summed E-state index contributed by atoms with van der Waals surface area (Å²) in [6, 6.07) is 9.81. The van der Waals surface area contributed by atoms with Crippen molar-refractivity contribution in [2.45, 2.75) is 6.42 Å². The molecule has 2 heterocycles. The first kappa shape index (κ1) is 10.2. The van der Waals surface area contributed by atoms with Gasteiger partial charge >= 0.3 is 0 Å². The van der Waals surface area contributed by atoms with E-state index in [0.29, 0.717) is 6.42 Å². The summed E-state index contributed by atoms with van der Waals surface area (Å²) in [6.07, 6.45) is 0.323. The van der Waals surface area contributed by atoms with Crippen LogP contribution in [-0.4, -0.2) is 11.6 Å². The van der Waals surface area contributed by atoms with Crippen molar-refractivity contribution in [2.24, 2.45) is 4.99 Å². The summed E-state index contributed by atoms with van der Waals surface area (Å²) < 4.78 is 0. The Hall–Kier alpha value is -1.94. The topological polar surface area (TPSA) is 41.5 Å². The maximum Gasteiger partial charge on any atom is 0.230 e. The number of thiophene rings is 1. The summed E-state index contributed by atoms with van der Waals surface area (Å²) in [4.78, 5) is 16.3. The first-order valence-electron chi connectivity index (χ1n) is 5.32. The summed E-state index contributed by atoms with van der Waals surface area (Å²) in [5, 5.41) is 6.71. The molecular weight excluding hydrogens is 232 g/mol. The number of anilines is 1. The van der Waals surface area contributed by atoms with Gasteiger partial charge in [0.1, 0.15) is 0 Å². The smallest absolute Gasteiger partial charge is 0.230 e. The second kappa shape index (κ2) is 4.14. The number of carbonyl (C=O) groups is 1. The molecule has 17 heavy (non-hydrogen) atoms. The van der Waals surface area contributed by atoms with Gasteiger partial charge in [0, 0.05) is 10.8 Å². The highest BCUT2D eigenvalue weighted by Gasteiger charge is 2.17. The minimum Gasteiger partial charge on any atom is -0.323 e. The van der Waals surface area contributed by atoms with Gasteiger partial charge in [-0.1, -0.05) is 30.3 Å². The van der Waals surface area contributed by atoms with Gasteiger partial charge in [-0.2, -0.15) is 0 Å². The van der Waals surface area contributed by atoms with Crippen LogP contribution in [0.5, 0.6) is 0 Å². The number of amides is 1. The van der Waals surface area contributed by atoms with E-state index in [1.807, 2.05) is 41.1 Å². The number of rotatable bonds is 1. The number of carbonyl (C=O) groups excluding carboxylic acids is 1. The summed E-state index contributed by atoms with van der Waals surface area (Å²) >= 11 is 1.54. The molecule has 1 N–H and O–H groups in total. The molecule has 0 unspecified atom stereocenters. The van der Waals surface area contributed by atoms with Crippen molar-refractivity contribution < 1.29 is 4.79 Å². The van der Waals surface area contributed by atoms with Crippen molar-refractivity contribution in [1.82, 2.24) is 0 Å². The maximum atomic E-state index is 11.7. The van der Waals surface area contributed by atoms with Crippen LogP contribution in [0.4, 0.5) is 11.4 Å². The lowest BCUT2D eigenvalue weighted by atomic mass is 10.1. The second-order valence-electron chi connectivity index (χ2n) is 3.82. The van der Waals surface area contributed by atoms with Gasteiger partial charge < -0.3 is 5.32 Å². The Morgan fingerprint density at radius 3 is 2.82 bits per heavy atom. The van der Waals surface area contributed by atoms with E-state index < -0.39 is 0 Å². The van der Waals surface area contributed by atoms with Crippen LogP contribution < -0.4 is 5.32 Å². The fraction of sp³-hybridized carbons (Fsp3) is 0.0769. The predicted molar refractivity (Wildman–Crippen MR) is 70.2 cm³/mol. The molecule has 0 spiro atoms. The fourth-order valence-corrected chi connectivity index (χ4v) is 2.49. The van der Waals surface area contributed by atoms with Crippen LogP contribution in [0.15, 0.2) is 46.1 Å². The van der Waals surface area contributed by atoms with Gasteiger partial charge in [-0.3, -0.25) is 4.79 Å². The maximum absolute atomic E-state index is 11.7. The number of hydrogen-bond acceptors (Lipinski definition) is 3. The fourth-order valence-electron chi connectivity index (χ4n) is 1.80. The largest absolute Gasteiger partial charge is 0.323 e. The summed E-state index contributed by atoms with van der Waals surface area (Å²) in [6.45, 7) is 0. The van der Waals surface area contributed by atoms with Crippen molar-refractivity contribution in [1.29, 1.82) is 0 Å². The molecule has 4 heteroatoms. The Balaban J connectivity index is 2.09. The molecule has 0 aliphatic carbocycles. The molecule has 0 fully saturated rings. The van der Waals surface area contributed by atoms with Crippen LogP contribution in [0.1, 0.15) is 12.0 Å². The lowest BCUT2D eigenvalue weighted by Crippen LogP contribution is -2.14. The zero-order valence-corrected chi connectivity index (χ0v) is 9.83. The molecule has 1 aromatic carbocycles. The average molecular weight is 242 g/mol. The standard InChI is InChI=1S/C13H10N2OS/c16-13-6-10(9-4-2-1-3-5-9)14-11-7-17-8-12(11)15-13/h1-5,7-8H,6H2,(H,15,16). The molecule has 1 aromatic heterocycles. The number of aliphatic imine (C=N–C) groups is 1. The molecular formula is C13H10N2OS. The van der Waals surface area contributed by atoms with Gasteiger partial charge in [0.25, 0.3) is 0 Å². The van der Waals surface area contributed by atoms with Gasteiger partial charge in [-0.05, 0) is 5.56 Å². The van der Waals surface area contributed by atoms with Crippen molar-refractivity contribution in [2.75, 3.05) is 5.32 Å². The third-order valence-electron chi connectivity index (χ3n) is 2.61. The minimum atomic E-state index is -0.00949. The Morgan fingerprint density at radius 2 is 2.00 bits per heavy atom. The van der Waals surface area contributed by atoms with Gasteiger partial charge in [-0.25, -0.2) is 4.99 Å².